The molecule has 67 heavy (non-hydrogen) atoms. The van der Waals surface area contributed by atoms with E-state index in [0.29, 0.717) is 0 Å². The summed E-state index contributed by atoms with van der Waals surface area (Å²) >= 11 is 0. The monoisotopic (exact) mass is 929 g/mol. The van der Waals surface area contributed by atoms with Crippen molar-refractivity contribution in [3.63, 3.8) is 0 Å². The minimum absolute atomic E-state index is 0.0377. The third kappa shape index (κ3) is 8.17. The molecule has 13 atom stereocenters. The van der Waals surface area contributed by atoms with Crippen molar-refractivity contribution in [2.24, 2.45) is 17.3 Å². The zero-order chi connectivity index (χ0) is 48.8. The van der Waals surface area contributed by atoms with E-state index < -0.39 is 138 Å². The Morgan fingerprint density at radius 3 is 1.78 bits per heavy atom. The van der Waals surface area contributed by atoms with Gasteiger partial charge in [-0.25, -0.2) is 14.4 Å². The van der Waals surface area contributed by atoms with Crippen molar-refractivity contribution in [3.8, 4) is 0 Å². The molecule has 1 saturated heterocycles. The Balaban J connectivity index is 1.65. The SMILES string of the molecule is CC(=O)OC[C@@]12[C@H](OC(=O)c3ccccc3)[C@@H](OC(C)=O)[C@@H]3OC(=O)[C@@H](C)[C@H](C)c4ncccc4C(=O)OC[C@]4(C)O[C@]1([C@@H](OC(=O)c1ccccc1)[C@@H]4[C@H](OC(C)=O)[C@H]2OC(C)=O)[C@@]3(C)O. The number of hydrogen-bond donors (Lipinski definition) is 1. The van der Waals surface area contributed by atoms with Crippen molar-refractivity contribution in [2.45, 2.75) is 115 Å². The highest BCUT2D eigenvalue weighted by Crippen LogP contribution is 2.70. The first-order chi connectivity index (χ1) is 31.6. The number of rotatable bonds is 9. The quantitative estimate of drug-likeness (QED) is 0.238. The highest BCUT2D eigenvalue weighted by Gasteiger charge is 2.92. The molecule has 19 heteroatoms. The molecule has 2 saturated carbocycles. The fourth-order valence-corrected chi connectivity index (χ4v) is 10.4. The summed E-state index contributed by atoms with van der Waals surface area (Å²) < 4.78 is 56.6. The molecule has 7 rings (SSSR count). The van der Waals surface area contributed by atoms with E-state index in [0.717, 1.165) is 34.6 Å². The number of pyridine rings is 1. The van der Waals surface area contributed by atoms with Gasteiger partial charge < -0.3 is 47.7 Å². The van der Waals surface area contributed by atoms with Gasteiger partial charge in [-0.1, -0.05) is 50.2 Å². The molecule has 356 valence electrons. The summed E-state index contributed by atoms with van der Waals surface area (Å²) in [4.78, 5) is 116. The van der Waals surface area contributed by atoms with Gasteiger partial charge in [0.1, 0.15) is 42.0 Å². The smallest absolute Gasteiger partial charge is 0.340 e. The van der Waals surface area contributed by atoms with Gasteiger partial charge in [-0.05, 0) is 50.2 Å². The first-order valence-electron chi connectivity index (χ1n) is 21.5. The van der Waals surface area contributed by atoms with Crippen LogP contribution in [0.15, 0.2) is 79.0 Å². The second-order valence-electron chi connectivity index (χ2n) is 17.7. The van der Waals surface area contributed by atoms with E-state index in [4.69, 9.17) is 42.6 Å². The summed E-state index contributed by atoms with van der Waals surface area (Å²) in [6.45, 7) is 7.66. The number of carbonyl (C=O) groups is 8. The summed E-state index contributed by atoms with van der Waals surface area (Å²) in [5, 5.41) is 13.9. The lowest BCUT2D eigenvalue weighted by atomic mass is 9.45. The largest absolute Gasteiger partial charge is 0.465 e. The number of aromatic nitrogens is 1. The molecule has 0 unspecified atom stereocenters. The third-order valence-electron chi connectivity index (χ3n) is 13.3. The summed E-state index contributed by atoms with van der Waals surface area (Å²) in [5.74, 6) is -12.1. The van der Waals surface area contributed by atoms with E-state index >= 15 is 0 Å². The number of benzene rings is 2. The Bertz CT molecular complexity index is 2460. The minimum atomic E-state index is -2.91. The number of ether oxygens (including phenoxy) is 9. The normalized spacial score (nSPS) is 34.1. The molecule has 0 amide bonds. The van der Waals surface area contributed by atoms with E-state index in [1.165, 1.54) is 68.6 Å². The van der Waals surface area contributed by atoms with Crippen LogP contribution in [0, 0.1) is 17.3 Å². The molecule has 2 aromatic carbocycles. The Morgan fingerprint density at radius 2 is 1.22 bits per heavy atom. The van der Waals surface area contributed by atoms with E-state index in [1.807, 2.05) is 0 Å². The van der Waals surface area contributed by atoms with Crippen LogP contribution in [0.3, 0.4) is 0 Å². The zero-order valence-corrected chi connectivity index (χ0v) is 38.0. The predicted molar refractivity (Wildman–Crippen MR) is 225 cm³/mol. The number of aliphatic hydroxyl groups is 1. The Hall–Kier alpha value is -6.73. The van der Waals surface area contributed by atoms with Crippen molar-refractivity contribution < 1.29 is 86.1 Å². The van der Waals surface area contributed by atoms with Gasteiger partial charge in [0.15, 0.2) is 30.0 Å². The number of cyclic esters (lactones) is 1. The number of fused-ring (bicyclic) bond motifs is 5. The fourth-order valence-electron chi connectivity index (χ4n) is 10.4. The van der Waals surface area contributed by atoms with Crippen LogP contribution in [0.2, 0.25) is 0 Å². The highest BCUT2D eigenvalue weighted by molar-refractivity contribution is 5.92. The first-order valence-corrected chi connectivity index (χ1v) is 21.5. The fraction of sp³-hybridized carbons (Fsp3) is 0.479. The minimum Gasteiger partial charge on any atom is -0.465 e. The molecule has 1 N–H and O–H groups in total. The molecular formula is C48H51NO18. The lowest BCUT2D eigenvalue weighted by Crippen LogP contribution is -2.89. The molecule has 3 aromatic rings. The van der Waals surface area contributed by atoms with Crippen LogP contribution < -0.4 is 0 Å². The van der Waals surface area contributed by atoms with Crippen LogP contribution in [0.25, 0.3) is 0 Å². The first kappa shape index (κ1) is 48.2. The van der Waals surface area contributed by atoms with E-state index in [-0.39, 0.29) is 22.4 Å². The van der Waals surface area contributed by atoms with Gasteiger partial charge in [0.05, 0.1) is 34.2 Å². The summed E-state index contributed by atoms with van der Waals surface area (Å²) in [6.07, 6.45) is -11.1. The maximum Gasteiger partial charge on any atom is 0.340 e. The lowest BCUT2D eigenvalue weighted by Gasteiger charge is -2.67. The maximum absolute atomic E-state index is 14.8. The summed E-state index contributed by atoms with van der Waals surface area (Å²) in [6, 6.07) is 17.8. The van der Waals surface area contributed by atoms with Gasteiger partial charge in [-0.2, -0.15) is 0 Å². The van der Waals surface area contributed by atoms with Crippen LogP contribution >= 0.6 is 0 Å². The third-order valence-corrected chi connectivity index (χ3v) is 13.3. The van der Waals surface area contributed by atoms with Crippen LogP contribution in [0.5, 0.6) is 0 Å². The second kappa shape index (κ2) is 18.2. The van der Waals surface area contributed by atoms with Crippen molar-refractivity contribution >= 4 is 47.8 Å². The average molecular weight is 930 g/mol. The number of esters is 8. The standard InChI is InChI=1S/C48H51NO18/c1-24-25(2)41(54)65-38-36(62-28(5)52)40(66-43(56)31-18-13-10-14-19-31)47(23-59-26(3)50)39(63-29(6)53)35(61-27(4)51)33-37(64-42(55)30-16-11-9-12-17-30)48(47,46(38,8)58)67-45(33,7)22-60-44(57)32-20-15-21-49-34(24)32/h9-21,24-25,33,35-40,58H,22-23H2,1-8H3/t24-,25-,33-,35-,36-,37-,38-,39+,40+,45-,46-,47+,48+/m0/s1. The molecule has 0 radical (unpaired) electrons. The van der Waals surface area contributed by atoms with Crippen molar-refractivity contribution in [1.29, 1.82) is 0 Å². The molecule has 4 aliphatic rings. The molecule has 1 spiro atoms. The van der Waals surface area contributed by atoms with Crippen molar-refractivity contribution in [2.75, 3.05) is 13.2 Å². The predicted octanol–water partition coefficient (Wildman–Crippen LogP) is 3.62. The van der Waals surface area contributed by atoms with Crippen LogP contribution in [-0.4, -0.2) is 124 Å². The van der Waals surface area contributed by atoms with Gasteiger partial charge in [-0.3, -0.25) is 29.0 Å². The van der Waals surface area contributed by atoms with Gasteiger partial charge in [-0.15, -0.1) is 0 Å². The van der Waals surface area contributed by atoms with E-state index in [9.17, 15) is 43.5 Å². The molecule has 2 aliphatic heterocycles. The van der Waals surface area contributed by atoms with E-state index in [2.05, 4.69) is 4.98 Å². The molecule has 19 nitrogen and oxygen atoms in total. The molecule has 3 heterocycles. The number of hydrogen-bond acceptors (Lipinski definition) is 19. The van der Waals surface area contributed by atoms with Crippen LogP contribution in [0.4, 0.5) is 0 Å². The van der Waals surface area contributed by atoms with Gasteiger partial charge >= 0.3 is 47.8 Å². The Morgan fingerprint density at radius 1 is 0.687 bits per heavy atom. The zero-order valence-electron chi connectivity index (χ0n) is 38.0. The van der Waals surface area contributed by atoms with Crippen molar-refractivity contribution in [1.82, 2.24) is 4.98 Å². The van der Waals surface area contributed by atoms with Crippen LogP contribution in [-0.2, 0) is 66.6 Å². The van der Waals surface area contributed by atoms with Crippen LogP contribution in [0.1, 0.15) is 98.1 Å². The second-order valence-corrected chi connectivity index (χ2v) is 17.7. The Labute approximate surface area is 384 Å². The molecular weight excluding hydrogens is 879 g/mol. The van der Waals surface area contributed by atoms with Gasteiger partial charge in [0, 0.05) is 39.8 Å². The molecule has 1 aromatic heterocycles. The molecule has 4 bridgehead atoms. The molecule has 3 fully saturated rings. The average Bonchev–Trinajstić information content (AvgIpc) is 3.51. The summed E-state index contributed by atoms with van der Waals surface area (Å²) in [7, 11) is 0. The lowest BCUT2D eigenvalue weighted by molar-refractivity contribution is -0.385. The Kier molecular flexibility index (Phi) is 13.1. The maximum atomic E-state index is 14.8. The topological polar surface area (TPSA) is 253 Å². The molecule has 2 aliphatic carbocycles. The van der Waals surface area contributed by atoms with Crippen molar-refractivity contribution in [3.05, 3.63) is 101 Å². The summed E-state index contributed by atoms with van der Waals surface area (Å²) in [5.41, 5.74) is -10.7. The van der Waals surface area contributed by atoms with E-state index in [1.54, 1.807) is 31.2 Å². The number of carbonyl (C=O) groups excluding carboxylic acids is 8. The van der Waals surface area contributed by atoms with Gasteiger partial charge in [0.25, 0.3) is 0 Å². The number of nitrogens with zero attached hydrogens (tertiary/aromatic N) is 1. The highest BCUT2D eigenvalue weighted by atomic mass is 16.7. The van der Waals surface area contributed by atoms with Gasteiger partial charge in [0.2, 0.25) is 0 Å².